The number of benzene rings is 2. The first-order valence-electron chi connectivity index (χ1n) is 8.33. The lowest BCUT2D eigenvalue weighted by Gasteiger charge is -2.08. The Morgan fingerprint density at radius 2 is 1.70 bits per heavy atom. The number of nitrogens with zero attached hydrogens (tertiary/aromatic N) is 3. The fourth-order valence-corrected chi connectivity index (χ4v) is 2.58. The monoisotopic (exact) mass is 357 g/mol. The minimum atomic E-state index is -0.434. The van der Waals surface area contributed by atoms with Gasteiger partial charge in [-0.1, -0.05) is 18.2 Å². The molecular weight excluding hydrogens is 342 g/mol. The highest BCUT2D eigenvalue weighted by atomic mass is 16.5. The van der Waals surface area contributed by atoms with Gasteiger partial charge in [-0.05, 0) is 42.0 Å². The lowest BCUT2D eigenvalue weighted by atomic mass is 10.2. The number of fused-ring (bicyclic) bond motifs is 1. The molecular formula is C21H15N3O3. The van der Waals surface area contributed by atoms with Crippen molar-refractivity contribution < 1.29 is 14.3 Å². The van der Waals surface area contributed by atoms with Crippen molar-refractivity contribution in [1.82, 2.24) is 15.0 Å². The Kier molecular flexibility index (Phi) is 4.70. The van der Waals surface area contributed by atoms with Crippen LogP contribution in [-0.2, 0) is 11.3 Å². The van der Waals surface area contributed by atoms with Crippen molar-refractivity contribution in [3.8, 4) is 11.5 Å². The molecule has 0 spiro atoms. The fourth-order valence-electron chi connectivity index (χ4n) is 2.58. The minimum Gasteiger partial charge on any atom is -0.457 e. The van der Waals surface area contributed by atoms with E-state index in [1.54, 1.807) is 49.1 Å². The summed E-state index contributed by atoms with van der Waals surface area (Å²) in [6, 6.07) is 16.2. The summed E-state index contributed by atoms with van der Waals surface area (Å²) in [6.07, 6.45) is 6.47. The lowest BCUT2D eigenvalue weighted by Crippen LogP contribution is -2.06. The van der Waals surface area contributed by atoms with E-state index in [9.17, 15) is 4.79 Å². The van der Waals surface area contributed by atoms with Gasteiger partial charge in [0.25, 0.3) is 0 Å². The number of pyridine rings is 1. The Balaban J connectivity index is 1.41. The predicted octanol–water partition coefficient (Wildman–Crippen LogP) is 4.17. The molecule has 0 amide bonds. The summed E-state index contributed by atoms with van der Waals surface area (Å²) in [5.74, 6) is 0.910. The number of esters is 1. The maximum atomic E-state index is 12.4. The van der Waals surface area contributed by atoms with Crippen LogP contribution in [0.5, 0.6) is 11.5 Å². The van der Waals surface area contributed by atoms with Crippen LogP contribution in [-0.4, -0.2) is 20.9 Å². The van der Waals surface area contributed by atoms with E-state index in [-0.39, 0.29) is 6.61 Å². The average molecular weight is 357 g/mol. The topological polar surface area (TPSA) is 74.2 Å². The van der Waals surface area contributed by atoms with E-state index in [2.05, 4.69) is 15.0 Å². The van der Waals surface area contributed by atoms with Crippen LogP contribution in [0.4, 0.5) is 0 Å². The van der Waals surface area contributed by atoms with Crippen molar-refractivity contribution in [3.63, 3.8) is 0 Å². The third kappa shape index (κ3) is 3.90. The van der Waals surface area contributed by atoms with Gasteiger partial charge in [-0.15, -0.1) is 0 Å². The van der Waals surface area contributed by atoms with Crippen molar-refractivity contribution in [2.24, 2.45) is 0 Å². The van der Waals surface area contributed by atoms with E-state index in [1.165, 1.54) is 0 Å². The number of aromatic nitrogens is 3. The number of rotatable bonds is 5. The zero-order valence-corrected chi connectivity index (χ0v) is 14.3. The quantitative estimate of drug-likeness (QED) is 0.499. The maximum absolute atomic E-state index is 12.4. The van der Waals surface area contributed by atoms with Crippen LogP contribution in [0.2, 0.25) is 0 Å². The van der Waals surface area contributed by atoms with Gasteiger partial charge in [0.15, 0.2) is 0 Å². The Morgan fingerprint density at radius 3 is 2.52 bits per heavy atom. The highest BCUT2D eigenvalue weighted by Crippen LogP contribution is 2.21. The molecule has 0 radical (unpaired) electrons. The molecule has 6 nitrogen and oxygen atoms in total. The van der Waals surface area contributed by atoms with E-state index in [1.807, 2.05) is 30.3 Å². The van der Waals surface area contributed by atoms with Crippen LogP contribution in [0.3, 0.4) is 0 Å². The van der Waals surface area contributed by atoms with Gasteiger partial charge in [-0.2, -0.15) is 0 Å². The lowest BCUT2D eigenvalue weighted by molar-refractivity contribution is 0.0475. The molecule has 0 atom stereocenters. The first-order valence-corrected chi connectivity index (χ1v) is 8.33. The average Bonchev–Trinajstić information content (AvgIpc) is 2.73. The molecule has 132 valence electrons. The normalized spacial score (nSPS) is 10.5. The zero-order chi connectivity index (χ0) is 18.5. The summed E-state index contributed by atoms with van der Waals surface area (Å²) in [5, 5.41) is 0. The molecule has 2 heterocycles. The predicted molar refractivity (Wildman–Crippen MR) is 99.4 cm³/mol. The zero-order valence-electron chi connectivity index (χ0n) is 14.3. The minimum absolute atomic E-state index is 0.155. The SMILES string of the molecule is O=C(OCc1ccc(Oc2cccnc2)cc1)c1cccc2nccnc12. The van der Waals surface area contributed by atoms with E-state index < -0.39 is 5.97 Å². The third-order valence-electron chi connectivity index (χ3n) is 3.88. The number of carbonyl (C=O) groups is 1. The van der Waals surface area contributed by atoms with Crippen LogP contribution in [0, 0.1) is 0 Å². The largest absolute Gasteiger partial charge is 0.457 e. The van der Waals surface area contributed by atoms with Crippen molar-refractivity contribution >= 4 is 17.0 Å². The molecule has 27 heavy (non-hydrogen) atoms. The Hall–Kier alpha value is -3.80. The molecule has 2 aromatic heterocycles. The number of carbonyl (C=O) groups excluding carboxylic acids is 1. The molecule has 0 bridgehead atoms. The highest BCUT2D eigenvalue weighted by Gasteiger charge is 2.13. The second-order valence-corrected chi connectivity index (χ2v) is 5.74. The van der Waals surface area contributed by atoms with Crippen LogP contribution < -0.4 is 4.74 Å². The van der Waals surface area contributed by atoms with Gasteiger partial charge in [-0.3, -0.25) is 15.0 Å². The molecule has 0 N–H and O–H groups in total. The summed E-state index contributed by atoms with van der Waals surface area (Å²) in [4.78, 5) is 24.8. The molecule has 0 aliphatic carbocycles. The summed E-state index contributed by atoms with van der Waals surface area (Å²) >= 11 is 0. The Labute approximate surface area is 155 Å². The number of hydrogen-bond acceptors (Lipinski definition) is 6. The second-order valence-electron chi connectivity index (χ2n) is 5.74. The Morgan fingerprint density at radius 1 is 0.852 bits per heavy atom. The summed E-state index contributed by atoms with van der Waals surface area (Å²) in [5.41, 5.74) is 2.44. The van der Waals surface area contributed by atoms with Crippen LogP contribution in [0.25, 0.3) is 11.0 Å². The summed E-state index contributed by atoms with van der Waals surface area (Å²) in [7, 11) is 0. The van der Waals surface area contributed by atoms with Gasteiger partial charge in [0.05, 0.1) is 17.3 Å². The molecule has 0 aliphatic rings. The van der Waals surface area contributed by atoms with Gasteiger partial charge in [0.2, 0.25) is 0 Å². The van der Waals surface area contributed by atoms with Crippen molar-refractivity contribution in [2.45, 2.75) is 6.61 Å². The smallest absolute Gasteiger partial charge is 0.340 e. The van der Waals surface area contributed by atoms with E-state index >= 15 is 0 Å². The molecule has 4 rings (SSSR count). The Bertz CT molecular complexity index is 1060. The van der Waals surface area contributed by atoms with Gasteiger partial charge in [0.1, 0.15) is 23.6 Å². The molecule has 0 unspecified atom stereocenters. The molecule has 2 aromatic carbocycles. The summed E-state index contributed by atoms with van der Waals surface area (Å²) < 4.78 is 11.1. The maximum Gasteiger partial charge on any atom is 0.340 e. The standard InChI is InChI=1S/C21H15N3O3/c25-21(18-4-1-5-19-20(18)24-12-11-23-19)26-14-15-6-8-16(9-7-15)27-17-3-2-10-22-13-17/h1-13H,14H2. The number of para-hydroxylation sites is 1. The highest BCUT2D eigenvalue weighted by molar-refractivity contribution is 6.01. The van der Waals surface area contributed by atoms with Crippen molar-refractivity contribution in [3.05, 3.63) is 90.5 Å². The van der Waals surface area contributed by atoms with Gasteiger partial charge in [0, 0.05) is 18.6 Å². The molecule has 4 aromatic rings. The summed E-state index contributed by atoms with van der Waals surface area (Å²) in [6.45, 7) is 0.155. The van der Waals surface area contributed by atoms with E-state index in [4.69, 9.17) is 9.47 Å². The van der Waals surface area contributed by atoms with Crippen LogP contribution in [0.15, 0.2) is 79.4 Å². The van der Waals surface area contributed by atoms with Gasteiger partial charge in [-0.25, -0.2) is 4.79 Å². The fraction of sp³-hybridized carbons (Fsp3) is 0.0476. The number of ether oxygens (including phenoxy) is 2. The van der Waals surface area contributed by atoms with Crippen molar-refractivity contribution in [2.75, 3.05) is 0 Å². The van der Waals surface area contributed by atoms with Crippen molar-refractivity contribution in [1.29, 1.82) is 0 Å². The van der Waals surface area contributed by atoms with E-state index in [0.717, 1.165) is 5.56 Å². The number of hydrogen-bond donors (Lipinski definition) is 0. The molecule has 0 fully saturated rings. The second kappa shape index (κ2) is 7.61. The molecule has 0 saturated carbocycles. The third-order valence-corrected chi connectivity index (χ3v) is 3.88. The molecule has 0 aliphatic heterocycles. The van der Waals surface area contributed by atoms with Gasteiger partial charge < -0.3 is 9.47 Å². The van der Waals surface area contributed by atoms with Crippen LogP contribution in [0.1, 0.15) is 15.9 Å². The molecule has 0 saturated heterocycles. The first-order chi connectivity index (χ1) is 13.3. The molecule has 6 heteroatoms. The van der Waals surface area contributed by atoms with Crippen LogP contribution >= 0.6 is 0 Å². The van der Waals surface area contributed by atoms with Gasteiger partial charge >= 0.3 is 5.97 Å². The van der Waals surface area contributed by atoms with E-state index in [0.29, 0.717) is 28.1 Å². The first kappa shape index (κ1) is 16.7.